The van der Waals surface area contributed by atoms with E-state index in [-0.39, 0.29) is 5.41 Å². The van der Waals surface area contributed by atoms with Gasteiger partial charge in [0.25, 0.3) is 0 Å². The van der Waals surface area contributed by atoms with Crippen LogP contribution in [0.3, 0.4) is 0 Å². The molecule has 1 heterocycles. The summed E-state index contributed by atoms with van der Waals surface area (Å²) in [5, 5.41) is 3.44. The van der Waals surface area contributed by atoms with Crippen LogP contribution in [0.1, 0.15) is 31.3 Å². The van der Waals surface area contributed by atoms with Crippen molar-refractivity contribution in [3.05, 3.63) is 10.6 Å². The van der Waals surface area contributed by atoms with Gasteiger partial charge in [0.05, 0.1) is 5.69 Å². The highest BCUT2D eigenvalue weighted by Gasteiger charge is 2.31. The van der Waals surface area contributed by atoms with E-state index in [1.54, 1.807) is 0 Å². The number of aromatic nitrogens is 1. The van der Waals surface area contributed by atoms with Crippen LogP contribution in [-0.4, -0.2) is 31.8 Å². The molecule has 0 aliphatic carbocycles. The van der Waals surface area contributed by atoms with E-state index >= 15 is 0 Å². The van der Waals surface area contributed by atoms with Gasteiger partial charge in [-0.2, -0.15) is 13.2 Å². The molecule has 0 aliphatic rings. The molecule has 110 valence electrons. The van der Waals surface area contributed by atoms with Gasteiger partial charge in [-0.05, 0) is 7.05 Å². The zero-order valence-electron chi connectivity index (χ0n) is 11.9. The predicted octanol–water partition coefficient (Wildman–Crippen LogP) is 3.16. The van der Waals surface area contributed by atoms with Gasteiger partial charge in [-0.3, -0.25) is 0 Å². The van der Waals surface area contributed by atoms with Gasteiger partial charge in [0.15, 0.2) is 5.13 Å². The van der Waals surface area contributed by atoms with Crippen LogP contribution in [0.2, 0.25) is 0 Å². The van der Waals surface area contributed by atoms with E-state index in [9.17, 15) is 13.2 Å². The lowest BCUT2D eigenvalue weighted by Crippen LogP contribution is -2.30. The maximum Gasteiger partial charge on any atom is 0.405 e. The quantitative estimate of drug-likeness (QED) is 0.925. The number of nitrogens with one attached hydrogen (secondary N) is 1. The van der Waals surface area contributed by atoms with Gasteiger partial charge in [0.2, 0.25) is 0 Å². The summed E-state index contributed by atoms with van der Waals surface area (Å²) >= 11 is 1.31. The second kappa shape index (κ2) is 5.66. The smallest absolute Gasteiger partial charge is 0.342 e. The van der Waals surface area contributed by atoms with Gasteiger partial charge in [-0.15, -0.1) is 11.3 Å². The highest BCUT2D eigenvalue weighted by atomic mass is 32.1. The third-order valence-electron chi connectivity index (χ3n) is 2.48. The number of alkyl halides is 3. The molecule has 7 heteroatoms. The van der Waals surface area contributed by atoms with E-state index < -0.39 is 12.7 Å². The largest absolute Gasteiger partial charge is 0.405 e. The van der Waals surface area contributed by atoms with Crippen LogP contribution >= 0.6 is 11.3 Å². The van der Waals surface area contributed by atoms with Crippen LogP contribution in [-0.2, 0) is 12.0 Å². The number of hydrogen-bond acceptors (Lipinski definition) is 4. The summed E-state index contributed by atoms with van der Waals surface area (Å²) in [5.41, 5.74) is 0.677. The summed E-state index contributed by atoms with van der Waals surface area (Å²) in [5.74, 6) is 0. The maximum atomic E-state index is 12.4. The molecule has 1 aromatic rings. The van der Waals surface area contributed by atoms with Crippen molar-refractivity contribution in [2.75, 3.05) is 25.5 Å². The molecule has 0 spiro atoms. The fourth-order valence-electron chi connectivity index (χ4n) is 1.71. The molecule has 0 amide bonds. The summed E-state index contributed by atoms with van der Waals surface area (Å²) in [6, 6.07) is 0. The Morgan fingerprint density at radius 3 is 2.26 bits per heavy atom. The molecular weight excluding hydrogens is 275 g/mol. The fourth-order valence-corrected chi connectivity index (χ4v) is 2.95. The van der Waals surface area contributed by atoms with Gasteiger partial charge in [0.1, 0.15) is 6.54 Å². The van der Waals surface area contributed by atoms with Crippen molar-refractivity contribution >= 4 is 16.5 Å². The Hall–Kier alpha value is -0.820. The van der Waals surface area contributed by atoms with E-state index in [1.165, 1.54) is 18.4 Å². The van der Waals surface area contributed by atoms with Gasteiger partial charge < -0.3 is 10.2 Å². The molecule has 1 aromatic heterocycles. The average molecular weight is 295 g/mol. The SMILES string of the molecule is CNCc1sc(N(C)CC(F)(F)F)nc1C(C)(C)C. The first-order valence-electron chi connectivity index (χ1n) is 5.97. The van der Waals surface area contributed by atoms with E-state index in [2.05, 4.69) is 10.3 Å². The number of rotatable bonds is 4. The third kappa shape index (κ3) is 4.65. The van der Waals surface area contributed by atoms with Crippen LogP contribution in [0.5, 0.6) is 0 Å². The second-order valence-electron chi connectivity index (χ2n) is 5.52. The summed E-state index contributed by atoms with van der Waals surface area (Å²) in [7, 11) is 3.23. The highest BCUT2D eigenvalue weighted by molar-refractivity contribution is 7.15. The van der Waals surface area contributed by atoms with Crippen molar-refractivity contribution in [1.29, 1.82) is 0 Å². The van der Waals surface area contributed by atoms with E-state index in [0.717, 1.165) is 15.5 Å². The predicted molar refractivity (Wildman–Crippen MR) is 72.9 cm³/mol. The van der Waals surface area contributed by atoms with Gasteiger partial charge in [-0.1, -0.05) is 20.8 Å². The molecule has 0 fully saturated rings. The topological polar surface area (TPSA) is 28.2 Å². The third-order valence-corrected chi connectivity index (χ3v) is 3.65. The van der Waals surface area contributed by atoms with Crippen molar-refractivity contribution < 1.29 is 13.2 Å². The molecule has 0 saturated carbocycles. The molecule has 0 saturated heterocycles. The normalized spacial score (nSPS) is 12.8. The number of thiazole rings is 1. The lowest BCUT2D eigenvalue weighted by molar-refractivity contribution is -0.119. The molecule has 1 N–H and O–H groups in total. The van der Waals surface area contributed by atoms with Crippen LogP contribution < -0.4 is 10.2 Å². The zero-order valence-corrected chi connectivity index (χ0v) is 12.7. The molecule has 1 rings (SSSR count). The highest BCUT2D eigenvalue weighted by Crippen LogP contribution is 2.34. The summed E-state index contributed by atoms with van der Waals surface area (Å²) in [6.45, 7) is 5.66. The van der Waals surface area contributed by atoms with Crippen molar-refractivity contribution in [3.8, 4) is 0 Å². The standard InChI is InChI=1S/C12H20F3N3S/c1-11(2,3)9-8(6-16-4)19-10(17-9)18(5)7-12(13,14)15/h16H,6-7H2,1-5H3. The van der Waals surface area contributed by atoms with Crippen LogP contribution in [0.25, 0.3) is 0 Å². The summed E-state index contributed by atoms with van der Waals surface area (Å²) < 4.78 is 37.2. The number of nitrogens with zero attached hydrogens (tertiary/aromatic N) is 2. The Kier molecular flexibility index (Phi) is 4.84. The minimum atomic E-state index is -4.22. The summed E-state index contributed by atoms with van der Waals surface area (Å²) in [6.07, 6.45) is -4.22. The molecule has 19 heavy (non-hydrogen) atoms. The van der Waals surface area contributed by atoms with Crippen molar-refractivity contribution in [2.24, 2.45) is 0 Å². The Balaban J connectivity index is 3.04. The van der Waals surface area contributed by atoms with Crippen LogP contribution in [0.4, 0.5) is 18.3 Å². The molecular formula is C12H20F3N3S. The fraction of sp³-hybridized carbons (Fsp3) is 0.750. The molecule has 0 unspecified atom stereocenters. The van der Waals surface area contributed by atoms with E-state index in [4.69, 9.17) is 0 Å². The van der Waals surface area contributed by atoms with Gasteiger partial charge in [-0.25, -0.2) is 4.98 Å². The average Bonchev–Trinajstić information content (AvgIpc) is 2.59. The first kappa shape index (κ1) is 16.2. The molecule has 0 bridgehead atoms. The first-order valence-corrected chi connectivity index (χ1v) is 6.79. The van der Waals surface area contributed by atoms with E-state index in [1.807, 2.05) is 27.8 Å². The number of halogens is 3. The molecule has 0 aliphatic heterocycles. The van der Waals surface area contributed by atoms with E-state index in [0.29, 0.717) is 11.7 Å². The zero-order chi connectivity index (χ0) is 14.8. The minimum absolute atomic E-state index is 0.181. The van der Waals surface area contributed by atoms with Crippen LogP contribution in [0, 0.1) is 0 Å². The first-order chi connectivity index (χ1) is 8.54. The van der Waals surface area contributed by atoms with Crippen molar-refractivity contribution in [2.45, 2.75) is 38.9 Å². The second-order valence-corrected chi connectivity index (χ2v) is 6.58. The molecule has 3 nitrogen and oxygen atoms in total. The van der Waals surface area contributed by atoms with Gasteiger partial charge >= 0.3 is 6.18 Å². The lowest BCUT2D eigenvalue weighted by atomic mass is 9.91. The van der Waals surface area contributed by atoms with Crippen molar-refractivity contribution in [1.82, 2.24) is 10.3 Å². The van der Waals surface area contributed by atoms with Crippen LogP contribution in [0.15, 0.2) is 0 Å². The Labute approximate surface area is 115 Å². The minimum Gasteiger partial charge on any atom is -0.342 e. The lowest BCUT2D eigenvalue weighted by Gasteiger charge is -2.19. The Morgan fingerprint density at radius 1 is 1.26 bits per heavy atom. The monoisotopic (exact) mass is 295 g/mol. The van der Waals surface area contributed by atoms with Crippen molar-refractivity contribution in [3.63, 3.8) is 0 Å². The molecule has 0 aromatic carbocycles. The maximum absolute atomic E-state index is 12.4. The number of anilines is 1. The summed E-state index contributed by atoms with van der Waals surface area (Å²) in [4.78, 5) is 6.53. The van der Waals surface area contributed by atoms with Gasteiger partial charge in [0, 0.05) is 23.9 Å². The molecule has 0 atom stereocenters. The Bertz CT molecular complexity index is 421. The molecule has 0 radical (unpaired) electrons. The Morgan fingerprint density at radius 2 is 1.84 bits per heavy atom. The number of hydrogen-bond donors (Lipinski definition) is 1.